The number of carboxylic acids is 1. The van der Waals surface area contributed by atoms with E-state index in [0.717, 1.165) is 44.8 Å². The standard InChI is InChI=1S/C26H31N5O4.C24H18F2N2O5/c1-15-10-16(2)24(17(3)11-15)29-23-14-20-19-13-22(35-5)21(34-4)12-18(19)6-8-30(20)26(33)31(23)9-7-28-25(27)32;1-13-5-8-19(27-20(13)14-3-2-4-15(11-14)21(29)30)28-22(31)23(9-10-23)16-6-7-17-18(12-16)33-24(25,26)32-17/h10-14H,6-9H2,1-5H3,(H3,27,28,32);2-8,11-12H,9-10H2,1H3,(H,29,30)(H,27,28,31). The Morgan fingerprint density at radius 1 is 0.882 bits per heavy atom. The van der Waals surface area contributed by atoms with Crippen molar-refractivity contribution in [2.75, 3.05) is 26.1 Å². The van der Waals surface area contributed by atoms with Gasteiger partial charge in [0.1, 0.15) is 11.3 Å². The molecule has 0 saturated heterocycles. The van der Waals surface area contributed by atoms with Gasteiger partial charge in [-0.1, -0.05) is 42.0 Å². The Labute approximate surface area is 389 Å². The van der Waals surface area contributed by atoms with Crippen LogP contribution in [0.15, 0.2) is 94.7 Å². The fraction of sp³-hybridized carbons (Fsp3) is 0.280. The van der Waals surface area contributed by atoms with E-state index in [0.29, 0.717) is 65.4 Å². The molecule has 2 aromatic heterocycles. The van der Waals surface area contributed by atoms with Gasteiger partial charge in [0.05, 0.1) is 42.3 Å². The highest BCUT2D eigenvalue weighted by molar-refractivity contribution is 6.01. The molecule has 18 heteroatoms. The van der Waals surface area contributed by atoms with Crippen LogP contribution >= 0.6 is 0 Å². The molecule has 0 atom stereocenters. The van der Waals surface area contributed by atoms with Crippen molar-refractivity contribution in [1.82, 2.24) is 19.4 Å². The molecule has 5 N–H and O–H groups in total. The average molecular weight is 930 g/mol. The van der Waals surface area contributed by atoms with E-state index in [1.54, 1.807) is 53.7 Å². The van der Waals surface area contributed by atoms with Gasteiger partial charge in [0.2, 0.25) is 5.91 Å². The van der Waals surface area contributed by atoms with E-state index in [1.807, 2.05) is 45.9 Å². The van der Waals surface area contributed by atoms with Gasteiger partial charge >= 0.3 is 24.0 Å². The van der Waals surface area contributed by atoms with Crippen LogP contribution in [0.4, 0.5) is 25.1 Å². The average Bonchev–Trinajstić information content (AvgIpc) is 4.05. The second-order valence-electron chi connectivity index (χ2n) is 16.9. The molecule has 1 saturated carbocycles. The summed E-state index contributed by atoms with van der Waals surface area (Å²) in [6.45, 7) is 8.87. The Kier molecular flexibility index (Phi) is 12.5. The molecule has 0 spiro atoms. The number of aryl methyl sites for hydroxylation is 5. The molecule has 6 aromatic rings. The molecule has 0 radical (unpaired) electrons. The Hall–Kier alpha value is -8.02. The summed E-state index contributed by atoms with van der Waals surface area (Å²) in [6, 6.07) is 23.5. The van der Waals surface area contributed by atoms with E-state index in [1.165, 1.54) is 24.3 Å². The first-order valence-electron chi connectivity index (χ1n) is 21.7. The number of methoxy groups -OCH3 is 2. The van der Waals surface area contributed by atoms with Crippen molar-refractivity contribution in [1.29, 1.82) is 0 Å². The van der Waals surface area contributed by atoms with E-state index < -0.39 is 23.7 Å². The topological polar surface area (TPSA) is 211 Å². The van der Waals surface area contributed by atoms with Gasteiger partial charge in [-0.05, 0) is 117 Å². The van der Waals surface area contributed by atoms with Crippen LogP contribution in [0.3, 0.4) is 0 Å². The number of carboxylic acid groups (broad SMARTS) is 1. The summed E-state index contributed by atoms with van der Waals surface area (Å²) < 4.78 is 50.0. The summed E-state index contributed by atoms with van der Waals surface area (Å²) in [4.78, 5) is 58.8. The van der Waals surface area contributed by atoms with Gasteiger partial charge in [0.25, 0.3) is 0 Å². The quantitative estimate of drug-likeness (QED) is 0.101. The molecule has 352 valence electrons. The number of hydrogen-bond acceptors (Lipinski definition) is 10. The van der Waals surface area contributed by atoms with Crippen LogP contribution in [-0.2, 0) is 29.7 Å². The highest BCUT2D eigenvalue weighted by Gasteiger charge is 2.53. The van der Waals surface area contributed by atoms with Crippen molar-refractivity contribution in [3.63, 3.8) is 0 Å². The summed E-state index contributed by atoms with van der Waals surface area (Å²) in [5, 5.41) is 14.6. The van der Waals surface area contributed by atoms with Crippen LogP contribution in [0.5, 0.6) is 23.0 Å². The number of hydrogen-bond donors (Lipinski definition) is 4. The number of fused-ring (bicyclic) bond motifs is 4. The Balaban J connectivity index is 0.000000184. The summed E-state index contributed by atoms with van der Waals surface area (Å²) in [7, 11) is 3.20. The highest BCUT2D eigenvalue weighted by atomic mass is 19.3. The second-order valence-corrected chi connectivity index (χ2v) is 16.9. The first-order valence-corrected chi connectivity index (χ1v) is 21.7. The largest absolute Gasteiger partial charge is 0.586 e. The van der Waals surface area contributed by atoms with Crippen LogP contribution in [-0.4, -0.2) is 64.2 Å². The van der Waals surface area contributed by atoms with Gasteiger partial charge in [-0.25, -0.2) is 24.4 Å². The van der Waals surface area contributed by atoms with Crippen molar-refractivity contribution < 1.29 is 47.2 Å². The van der Waals surface area contributed by atoms with Crippen LogP contribution < -0.4 is 46.5 Å². The minimum atomic E-state index is -3.72. The molecule has 2 aliphatic heterocycles. The number of amides is 3. The van der Waals surface area contributed by atoms with Gasteiger partial charge in [-0.15, -0.1) is 8.78 Å². The van der Waals surface area contributed by atoms with Crippen molar-refractivity contribution in [2.45, 2.75) is 71.8 Å². The number of halogens is 2. The maximum atomic E-state index is 13.7. The summed E-state index contributed by atoms with van der Waals surface area (Å²) in [5.74, 6) is 0.0179. The third-order valence-corrected chi connectivity index (χ3v) is 12.1. The number of primary amides is 1. The maximum absolute atomic E-state index is 13.7. The lowest BCUT2D eigenvalue weighted by molar-refractivity contribution is -0.286. The maximum Gasteiger partial charge on any atom is 0.586 e. The molecule has 0 unspecified atom stereocenters. The number of alkyl halides is 2. The molecule has 9 rings (SSSR count). The predicted octanol–water partition coefficient (Wildman–Crippen LogP) is 7.46. The van der Waals surface area contributed by atoms with Crippen LogP contribution in [0.25, 0.3) is 22.5 Å². The zero-order valence-electron chi connectivity index (χ0n) is 38.2. The van der Waals surface area contributed by atoms with E-state index in [4.69, 9.17) is 20.2 Å². The lowest BCUT2D eigenvalue weighted by Gasteiger charge is -2.24. The zero-order valence-corrected chi connectivity index (χ0v) is 38.2. The second kappa shape index (κ2) is 18.3. The lowest BCUT2D eigenvalue weighted by Crippen LogP contribution is -2.44. The minimum Gasteiger partial charge on any atom is -0.493 e. The molecule has 1 fully saturated rings. The number of aromatic nitrogens is 3. The molecule has 3 amide bonds. The monoisotopic (exact) mass is 929 g/mol. The SMILES string of the molecule is COc1cc2c(cc1OC)-c1cc(=Nc3c(C)cc(C)cc3C)n(CCNC(N)=O)c(=O)n1CC2.Cc1ccc(NC(=O)C2(c3ccc4c(c3)OC(F)(F)O4)CC2)nc1-c1cccc(C(=O)O)c1. The van der Waals surface area contributed by atoms with Gasteiger partial charge in [-0.3, -0.25) is 13.9 Å². The number of carbonyl (C=O) groups excluding carboxylic acids is 2. The van der Waals surface area contributed by atoms with Gasteiger partial charge in [-0.2, -0.15) is 0 Å². The smallest absolute Gasteiger partial charge is 0.493 e. The fourth-order valence-corrected chi connectivity index (χ4v) is 8.66. The number of urea groups is 1. The summed E-state index contributed by atoms with van der Waals surface area (Å²) in [5.41, 5.74) is 14.1. The molecular weight excluding hydrogens is 881 g/mol. The fourth-order valence-electron chi connectivity index (χ4n) is 8.66. The summed E-state index contributed by atoms with van der Waals surface area (Å²) >= 11 is 0. The number of ether oxygens (including phenoxy) is 4. The number of anilines is 1. The normalized spacial score (nSPS) is 14.7. The number of pyridine rings is 1. The predicted molar refractivity (Wildman–Crippen MR) is 248 cm³/mol. The summed E-state index contributed by atoms with van der Waals surface area (Å²) in [6.07, 6.45) is -1.95. The first kappa shape index (κ1) is 46.5. The minimum absolute atomic E-state index is 0.0756. The van der Waals surface area contributed by atoms with E-state index in [9.17, 15) is 33.1 Å². The number of nitrogens with two attached hydrogens (primary N) is 1. The number of benzene rings is 4. The van der Waals surface area contributed by atoms with E-state index in [-0.39, 0.29) is 41.7 Å². The van der Waals surface area contributed by atoms with Gasteiger partial charge in [0, 0.05) is 36.8 Å². The molecule has 68 heavy (non-hydrogen) atoms. The van der Waals surface area contributed by atoms with Gasteiger partial charge in [0.15, 0.2) is 23.0 Å². The molecule has 4 heterocycles. The highest BCUT2D eigenvalue weighted by Crippen LogP contribution is 2.52. The lowest BCUT2D eigenvalue weighted by atomic mass is 9.94. The Bertz CT molecular complexity index is 3140. The van der Waals surface area contributed by atoms with Crippen molar-refractivity contribution in [2.24, 2.45) is 10.7 Å². The molecule has 1 aliphatic carbocycles. The molecule has 4 aromatic carbocycles. The number of nitrogens with one attached hydrogen (secondary N) is 2. The third-order valence-electron chi connectivity index (χ3n) is 12.1. The number of carbonyl (C=O) groups is 3. The third kappa shape index (κ3) is 9.34. The number of aromatic carboxylic acids is 1. The zero-order chi connectivity index (χ0) is 48.7. The van der Waals surface area contributed by atoms with Crippen LogP contribution in [0.1, 0.15) is 56.6 Å². The molecule has 16 nitrogen and oxygen atoms in total. The van der Waals surface area contributed by atoms with Crippen LogP contribution in [0, 0.1) is 27.7 Å². The van der Waals surface area contributed by atoms with Crippen molar-refractivity contribution in [3.8, 4) is 45.5 Å². The van der Waals surface area contributed by atoms with E-state index >= 15 is 0 Å². The number of nitrogens with zero attached hydrogens (tertiary/aromatic N) is 4. The van der Waals surface area contributed by atoms with Crippen molar-refractivity contribution >= 4 is 29.4 Å². The van der Waals surface area contributed by atoms with Crippen LogP contribution in [0.2, 0.25) is 0 Å². The van der Waals surface area contributed by atoms with E-state index in [2.05, 4.69) is 37.2 Å². The molecular formula is C50H49F2N7O9. The molecule has 3 aliphatic rings. The molecule has 0 bridgehead atoms. The number of rotatable bonds is 11. The Morgan fingerprint density at radius 3 is 2.26 bits per heavy atom. The van der Waals surface area contributed by atoms with Gasteiger partial charge < -0.3 is 40.4 Å². The van der Waals surface area contributed by atoms with Crippen molar-refractivity contribution in [3.05, 3.63) is 140 Å². The first-order chi connectivity index (χ1) is 32.4. The Morgan fingerprint density at radius 2 is 1.59 bits per heavy atom.